The van der Waals surface area contributed by atoms with Gasteiger partial charge in [-0.2, -0.15) is 0 Å². The van der Waals surface area contributed by atoms with Crippen LogP contribution in [0.5, 0.6) is 0 Å². The summed E-state index contributed by atoms with van der Waals surface area (Å²) >= 11 is 3.49. The van der Waals surface area contributed by atoms with Crippen LogP contribution in [0.25, 0.3) is 11.5 Å². The minimum absolute atomic E-state index is 0.547. The van der Waals surface area contributed by atoms with Crippen LogP contribution in [-0.2, 0) is 11.3 Å². The third-order valence-electron chi connectivity index (χ3n) is 3.62. The first-order chi connectivity index (χ1) is 10.3. The van der Waals surface area contributed by atoms with Gasteiger partial charge in [0, 0.05) is 17.7 Å². The molecule has 0 aliphatic carbocycles. The first-order valence-electron chi connectivity index (χ1n) is 7.18. The van der Waals surface area contributed by atoms with Gasteiger partial charge in [0.05, 0.1) is 12.1 Å². The van der Waals surface area contributed by atoms with Gasteiger partial charge in [-0.1, -0.05) is 12.1 Å². The molecule has 1 aromatic carbocycles. The van der Waals surface area contributed by atoms with Crippen molar-refractivity contribution < 1.29 is 9.15 Å². The first kappa shape index (κ1) is 14.7. The Morgan fingerprint density at radius 2 is 2.00 bits per heavy atom. The molecular formula is C15H18BrN3O2. The van der Waals surface area contributed by atoms with Crippen molar-refractivity contribution in [3.63, 3.8) is 0 Å². The summed E-state index contributed by atoms with van der Waals surface area (Å²) in [6.45, 7) is 3.32. The molecule has 1 aromatic heterocycles. The maximum absolute atomic E-state index is 5.70. The lowest BCUT2D eigenvalue weighted by molar-refractivity contribution is 0.0661. The zero-order chi connectivity index (χ0) is 14.5. The molecule has 0 unspecified atom stereocenters. The zero-order valence-corrected chi connectivity index (χ0v) is 13.3. The number of nitrogens with one attached hydrogen (secondary N) is 1. The minimum Gasteiger partial charge on any atom is -0.419 e. The summed E-state index contributed by atoms with van der Waals surface area (Å²) in [6, 6.07) is 7.83. The molecule has 0 spiro atoms. The molecule has 5 nitrogen and oxygen atoms in total. The summed E-state index contributed by atoms with van der Waals surface area (Å²) in [5.74, 6) is 1.85. The number of rotatable bonds is 5. The highest BCUT2D eigenvalue weighted by Gasteiger charge is 2.14. The molecule has 2 heterocycles. The fourth-order valence-electron chi connectivity index (χ4n) is 2.40. The maximum atomic E-state index is 5.70. The summed E-state index contributed by atoms with van der Waals surface area (Å²) in [7, 11) is 0. The predicted molar refractivity (Wildman–Crippen MR) is 82.7 cm³/mol. The highest BCUT2D eigenvalue weighted by atomic mass is 79.9. The standard InChI is InChI=1S/C15H18BrN3O2/c16-13-4-2-1-3-12(13)15-19-18-14(21-15)10-17-9-11-5-7-20-8-6-11/h1-4,11,17H,5-10H2. The lowest BCUT2D eigenvalue weighted by Gasteiger charge is -2.21. The number of nitrogens with zero attached hydrogens (tertiary/aromatic N) is 2. The molecule has 112 valence electrons. The molecule has 0 saturated carbocycles. The normalized spacial score (nSPS) is 16.2. The van der Waals surface area contributed by atoms with Crippen molar-refractivity contribution >= 4 is 15.9 Å². The summed E-state index contributed by atoms with van der Waals surface area (Å²) in [4.78, 5) is 0. The summed E-state index contributed by atoms with van der Waals surface area (Å²) in [6.07, 6.45) is 2.25. The second-order valence-corrected chi connectivity index (χ2v) is 6.02. The molecule has 1 saturated heterocycles. The quantitative estimate of drug-likeness (QED) is 0.896. The Morgan fingerprint density at radius 3 is 2.81 bits per heavy atom. The van der Waals surface area contributed by atoms with Crippen molar-refractivity contribution in [2.24, 2.45) is 5.92 Å². The fourth-order valence-corrected chi connectivity index (χ4v) is 2.86. The van der Waals surface area contributed by atoms with Gasteiger partial charge in [-0.25, -0.2) is 0 Å². The molecule has 1 N–H and O–H groups in total. The van der Waals surface area contributed by atoms with Crippen molar-refractivity contribution in [2.75, 3.05) is 19.8 Å². The first-order valence-corrected chi connectivity index (χ1v) is 7.98. The Hall–Kier alpha value is -1.24. The lowest BCUT2D eigenvalue weighted by Crippen LogP contribution is -2.27. The SMILES string of the molecule is Brc1ccccc1-c1nnc(CNCC2CCOCC2)o1. The third kappa shape index (κ3) is 3.90. The molecular weight excluding hydrogens is 334 g/mol. The molecule has 2 aromatic rings. The van der Waals surface area contributed by atoms with Gasteiger partial charge in [0.1, 0.15) is 0 Å². The van der Waals surface area contributed by atoms with E-state index in [1.165, 1.54) is 0 Å². The van der Waals surface area contributed by atoms with Crippen molar-refractivity contribution in [1.82, 2.24) is 15.5 Å². The van der Waals surface area contributed by atoms with Crippen LogP contribution in [0.1, 0.15) is 18.7 Å². The largest absolute Gasteiger partial charge is 0.419 e. The smallest absolute Gasteiger partial charge is 0.248 e. The van der Waals surface area contributed by atoms with E-state index in [1.54, 1.807) is 0 Å². The van der Waals surface area contributed by atoms with Crippen LogP contribution in [0.2, 0.25) is 0 Å². The average molecular weight is 352 g/mol. The zero-order valence-electron chi connectivity index (χ0n) is 11.7. The van der Waals surface area contributed by atoms with Crippen LogP contribution in [0.15, 0.2) is 33.2 Å². The van der Waals surface area contributed by atoms with Gasteiger partial charge in [0.2, 0.25) is 11.8 Å². The van der Waals surface area contributed by atoms with Gasteiger partial charge in [0.25, 0.3) is 0 Å². The van der Waals surface area contributed by atoms with E-state index in [2.05, 4.69) is 31.4 Å². The van der Waals surface area contributed by atoms with Crippen LogP contribution in [0.3, 0.4) is 0 Å². The molecule has 0 bridgehead atoms. The fraction of sp³-hybridized carbons (Fsp3) is 0.467. The van der Waals surface area contributed by atoms with Crippen LogP contribution in [0.4, 0.5) is 0 Å². The molecule has 0 radical (unpaired) electrons. The van der Waals surface area contributed by atoms with E-state index in [-0.39, 0.29) is 0 Å². The predicted octanol–water partition coefficient (Wildman–Crippen LogP) is 3.02. The van der Waals surface area contributed by atoms with Crippen molar-refractivity contribution in [2.45, 2.75) is 19.4 Å². The van der Waals surface area contributed by atoms with E-state index in [0.717, 1.165) is 42.6 Å². The van der Waals surface area contributed by atoms with Gasteiger partial charge in [-0.3, -0.25) is 0 Å². The number of halogens is 1. The van der Waals surface area contributed by atoms with E-state index in [9.17, 15) is 0 Å². The summed E-state index contributed by atoms with van der Waals surface area (Å²) in [5.41, 5.74) is 0.917. The Morgan fingerprint density at radius 1 is 1.19 bits per heavy atom. The number of hydrogen-bond donors (Lipinski definition) is 1. The second-order valence-electron chi connectivity index (χ2n) is 5.17. The van der Waals surface area contributed by atoms with E-state index < -0.39 is 0 Å². The van der Waals surface area contributed by atoms with Gasteiger partial charge in [-0.05, 0) is 53.4 Å². The van der Waals surface area contributed by atoms with Crippen LogP contribution >= 0.6 is 15.9 Å². The number of ether oxygens (including phenoxy) is 1. The van der Waals surface area contributed by atoms with E-state index in [1.807, 2.05) is 24.3 Å². The van der Waals surface area contributed by atoms with Gasteiger partial charge < -0.3 is 14.5 Å². The second kappa shape index (κ2) is 7.15. The monoisotopic (exact) mass is 351 g/mol. The highest BCUT2D eigenvalue weighted by molar-refractivity contribution is 9.10. The van der Waals surface area contributed by atoms with Crippen LogP contribution in [0, 0.1) is 5.92 Å². The van der Waals surface area contributed by atoms with E-state index >= 15 is 0 Å². The summed E-state index contributed by atoms with van der Waals surface area (Å²) < 4.78 is 12.0. The van der Waals surface area contributed by atoms with Gasteiger partial charge in [0.15, 0.2) is 0 Å². The van der Waals surface area contributed by atoms with Gasteiger partial charge in [-0.15, -0.1) is 10.2 Å². The number of aromatic nitrogens is 2. The number of hydrogen-bond acceptors (Lipinski definition) is 5. The molecule has 21 heavy (non-hydrogen) atoms. The van der Waals surface area contributed by atoms with Crippen molar-refractivity contribution in [3.8, 4) is 11.5 Å². The minimum atomic E-state index is 0.547. The third-order valence-corrected chi connectivity index (χ3v) is 4.31. The van der Waals surface area contributed by atoms with E-state index in [4.69, 9.17) is 9.15 Å². The van der Waals surface area contributed by atoms with Crippen molar-refractivity contribution in [3.05, 3.63) is 34.6 Å². The average Bonchev–Trinajstić information content (AvgIpc) is 2.97. The highest BCUT2D eigenvalue weighted by Crippen LogP contribution is 2.26. The topological polar surface area (TPSA) is 60.2 Å². The van der Waals surface area contributed by atoms with E-state index in [0.29, 0.717) is 24.2 Å². The Bertz CT molecular complexity index is 582. The Labute approximate surface area is 132 Å². The molecule has 6 heteroatoms. The Kier molecular flexibility index (Phi) is 5.00. The van der Waals surface area contributed by atoms with Gasteiger partial charge >= 0.3 is 0 Å². The van der Waals surface area contributed by atoms with Crippen LogP contribution < -0.4 is 5.32 Å². The molecule has 0 amide bonds. The number of benzene rings is 1. The molecule has 1 aliphatic heterocycles. The maximum Gasteiger partial charge on any atom is 0.248 e. The summed E-state index contributed by atoms with van der Waals surface area (Å²) in [5, 5.41) is 11.6. The van der Waals surface area contributed by atoms with Crippen molar-refractivity contribution in [1.29, 1.82) is 0 Å². The molecule has 3 rings (SSSR count). The molecule has 0 atom stereocenters. The Balaban J connectivity index is 1.54. The molecule has 1 aliphatic rings. The molecule has 1 fully saturated rings. The van der Waals surface area contributed by atoms with Crippen LogP contribution in [-0.4, -0.2) is 30.0 Å². The lowest BCUT2D eigenvalue weighted by atomic mass is 10.0.